The van der Waals surface area contributed by atoms with Crippen LogP contribution in [0, 0.1) is 0 Å². The Morgan fingerprint density at radius 2 is 0.640 bits per heavy atom. The van der Waals surface area contributed by atoms with Gasteiger partial charge in [-0.3, -0.25) is 19.5 Å². The van der Waals surface area contributed by atoms with Crippen LogP contribution in [0.5, 0.6) is 0 Å². The summed E-state index contributed by atoms with van der Waals surface area (Å²) in [5, 5.41) is 6.08. The van der Waals surface area contributed by atoms with Crippen molar-refractivity contribution >= 4 is 88.3 Å². The van der Waals surface area contributed by atoms with Crippen LogP contribution < -0.4 is 0 Å². The second-order valence-electron chi connectivity index (χ2n) is 32.7. The molecule has 0 unspecified atom stereocenters. The number of hydrogen-bond acceptors (Lipinski definition) is 11. The van der Waals surface area contributed by atoms with Gasteiger partial charge in [-0.2, -0.15) is 0 Å². The molecule has 0 spiro atoms. The van der Waals surface area contributed by atoms with E-state index in [1.165, 1.54) is 102 Å². The van der Waals surface area contributed by atoms with Gasteiger partial charge in [0.1, 0.15) is 24.8 Å². The maximum atomic E-state index is 5.01. The van der Waals surface area contributed by atoms with Gasteiger partial charge in [0.05, 0.1) is 78.5 Å². The highest BCUT2D eigenvalue weighted by Gasteiger charge is 2.21. The number of para-hydroxylation sites is 10. The lowest BCUT2D eigenvalue weighted by atomic mass is 9.96. The Labute approximate surface area is 790 Å². The van der Waals surface area contributed by atoms with Gasteiger partial charge in [-0.25, -0.2) is 39.9 Å². The van der Waals surface area contributed by atoms with E-state index in [1.54, 1.807) is 0 Å². The molecule has 26 rings (SSSR count). The predicted molar refractivity (Wildman–Crippen MR) is 562 cm³/mol. The molecule has 12 nitrogen and oxygen atoms in total. The van der Waals surface area contributed by atoms with Gasteiger partial charge in [0.15, 0.2) is 0 Å². The molecule has 3 aliphatic rings. The highest BCUT2D eigenvalue weighted by Crippen LogP contribution is 2.39. The van der Waals surface area contributed by atoms with Crippen LogP contribution in [0.15, 0.2) is 526 Å². The number of hydrogen-bond donors (Lipinski definition) is 0. The summed E-state index contributed by atoms with van der Waals surface area (Å²) in [6, 6.07) is 161. The van der Waals surface area contributed by atoms with E-state index in [2.05, 4.69) is 381 Å². The average Bonchev–Trinajstić information content (AvgIpc) is 1.71. The second kappa shape index (κ2) is 41.7. The van der Waals surface area contributed by atoms with Crippen LogP contribution in [0.2, 0.25) is 0 Å². The van der Waals surface area contributed by atoms with Gasteiger partial charge < -0.3 is 0 Å². The molecule has 12 heteroatoms. The lowest BCUT2D eigenvalue weighted by molar-refractivity contribution is 1.05. The molecule has 8 heterocycles. The number of nitrogens with zero attached hydrogens (tertiary/aromatic N) is 12. The lowest BCUT2D eigenvalue weighted by Crippen LogP contribution is -2.00. The molecule has 0 bridgehead atoms. The van der Waals surface area contributed by atoms with E-state index >= 15 is 0 Å². The largest absolute Gasteiger partial charge is 0.292 e. The summed E-state index contributed by atoms with van der Waals surface area (Å²) in [6.45, 7) is 0. The van der Waals surface area contributed by atoms with Gasteiger partial charge in [-0.1, -0.05) is 394 Å². The number of aliphatic imine (C=N–C) groups is 2. The Morgan fingerprint density at radius 1 is 0.250 bits per heavy atom. The van der Waals surface area contributed by atoms with Crippen molar-refractivity contribution in [2.45, 2.75) is 19.3 Å². The van der Waals surface area contributed by atoms with Gasteiger partial charge >= 0.3 is 0 Å². The molecule has 1 aliphatic carbocycles. The number of aromatic nitrogens is 10. The summed E-state index contributed by atoms with van der Waals surface area (Å²) in [7, 11) is 0. The van der Waals surface area contributed by atoms with Crippen LogP contribution in [0.1, 0.15) is 23.1 Å². The number of rotatable bonds is 11. The van der Waals surface area contributed by atoms with Gasteiger partial charge in [-0.05, 0) is 164 Å². The molecule has 0 N–H and O–H groups in total. The summed E-state index contributed by atoms with van der Waals surface area (Å²) in [6.07, 6.45) is 15.6. The number of fused-ring (bicyclic) bond motifs is 8. The third-order valence-corrected chi connectivity index (χ3v) is 23.9. The maximum Gasteiger partial charge on any atom is 0.145 e. The van der Waals surface area contributed by atoms with E-state index in [0.29, 0.717) is 0 Å². The monoisotopic (exact) mass is 1750 g/mol. The minimum atomic E-state index is 0.918. The van der Waals surface area contributed by atoms with Crippen molar-refractivity contribution < 1.29 is 0 Å². The third-order valence-electron chi connectivity index (χ3n) is 23.9. The molecule has 0 saturated carbocycles. The second-order valence-corrected chi connectivity index (χ2v) is 32.7. The first-order valence-corrected chi connectivity index (χ1v) is 45.5. The quantitative estimate of drug-likeness (QED) is 0.123. The van der Waals surface area contributed by atoms with Gasteiger partial charge in [0.2, 0.25) is 0 Å². The maximum absolute atomic E-state index is 5.01. The van der Waals surface area contributed by atoms with Crippen molar-refractivity contribution in [1.29, 1.82) is 0 Å². The first-order chi connectivity index (χ1) is 67.5. The predicted octanol–water partition coefficient (Wildman–Crippen LogP) is 30.6. The lowest BCUT2D eigenvalue weighted by Gasteiger charge is -2.12. The van der Waals surface area contributed by atoms with Crippen molar-refractivity contribution in [3.63, 3.8) is 0 Å². The molecule has 17 aromatic carbocycles. The molecule has 0 fully saturated rings. The van der Waals surface area contributed by atoms with Crippen LogP contribution in [0.3, 0.4) is 0 Å². The van der Waals surface area contributed by atoms with Crippen LogP contribution >= 0.6 is 0 Å². The van der Waals surface area contributed by atoms with Crippen LogP contribution in [0.4, 0.5) is 11.4 Å². The van der Waals surface area contributed by atoms with Crippen LogP contribution in [-0.4, -0.2) is 60.8 Å². The normalized spacial score (nSPS) is 11.8. The summed E-state index contributed by atoms with van der Waals surface area (Å²) in [4.78, 5) is 49.0. The van der Waals surface area contributed by atoms with E-state index in [9.17, 15) is 0 Å². The van der Waals surface area contributed by atoms with Gasteiger partial charge in [0.25, 0.3) is 0 Å². The first kappa shape index (κ1) is 85.9. The molecule has 136 heavy (non-hydrogen) atoms. The summed E-state index contributed by atoms with van der Waals surface area (Å²) in [5.74, 6) is 0.975. The zero-order valence-corrected chi connectivity index (χ0v) is 74.5. The van der Waals surface area contributed by atoms with E-state index in [4.69, 9.17) is 29.9 Å². The van der Waals surface area contributed by atoms with Crippen molar-refractivity contribution in [3.8, 4) is 95.5 Å². The SMILES string of the molecule is C1=CCC(C2=Nc3ccccc3C2)=C1.c1ccc(-c2cc(-c3ccc(-c4cc(-c5ccccc5)c5ccccc5n4)cc3)nc3ccccc23)cc1.c1ccc(-c2ccnc3ccccc23)cc1.c1ccc(-c2nc3ccccc3n2-c2ccccc2)cc1.c1ccc(-c2nc3ccccc3nc2-c2ccccc2)cc1.c1ccc2c(c1)CC(c1ccc3ccccc3c1)=N2.c1ncncn1. The van der Waals surface area contributed by atoms with Crippen molar-refractivity contribution in [1.82, 2.24) is 49.4 Å². The number of allylic oxidation sites excluding steroid dienone is 4. The van der Waals surface area contributed by atoms with E-state index < -0.39 is 0 Å². The molecular weight excluding hydrogens is 1660 g/mol. The summed E-state index contributed by atoms with van der Waals surface area (Å²) < 4.78 is 2.21. The fourth-order valence-corrected chi connectivity index (χ4v) is 17.2. The number of benzene rings is 17. The van der Waals surface area contributed by atoms with Crippen LogP contribution in [0.25, 0.3) is 161 Å². The Kier molecular flexibility index (Phi) is 26.4. The molecule has 6 aromatic heterocycles. The first-order valence-electron chi connectivity index (χ1n) is 45.5. The third kappa shape index (κ3) is 20.1. The van der Waals surface area contributed by atoms with Gasteiger partial charge in [-0.15, -0.1) is 0 Å². The Morgan fingerprint density at radius 3 is 1.13 bits per heavy atom. The Balaban J connectivity index is 0.000000103. The van der Waals surface area contributed by atoms with Crippen molar-refractivity contribution in [2.75, 3.05) is 0 Å². The molecule has 646 valence electrons. The molecule has 0 saturated heterocycles. The Hall–Kier alpha value is -18.1. The molecule has 0 atom stereocenters. The zero-order chi connectivity index (χ0) is 91.2. The topological polar surface area (TPSA) is 146 Å². The fourth-order valence-electron chi connectivity index (χ4n) is 17.2. The highest BCUT2D eigenvalue weighted by molar-refractivity contribution is 6.09. The van der Waals surface area contributed by atoms with E-state index in [1.807, 2.05) is 140 Å². The van der Waals surface area contributed by atoms with Gasteiger partial charge in [0, 0.05) is 74.4 Å². The summed E-state index contributed by atoms with van der Waals surface area (Å²) in [5.41, 5.74) is 34.6. The summed E-state index contributed by atoms with van der Waals surface area (Å²) >= 11 is 0. The minimum Gasteiger partial charge on any atom is -0.292 e. The van der Waals surface area contributed by atoms with E-state index in [-0.39, 0.29) is 0 Å². The highest BCUT2D eigenvalue weighted by atomic mass is 15.1. The smallest absolute Gasteiger partial charge is 0.145 e. The fraction of sp³-hybridized carbons (Fsp3) is 0.0242. The van der Waals surface area contributed by atoms with E-state index in [0.717, 1.165) is 142 Å². The Bertz CT molecular complexity index is 7950. The number of imidazole rings is 1. The molecule has 23 aromatic rings. The van der Waals surface area contributed by atoms with Crippen molar-refractivity contribution in [2.24, 2.45) is 9.98 Å². The van der Waals surface area contributed by atoms with Crippen molar-refractivity contribution in [3.05, 3.63) is 533 Å². The number of pyridine rings is 3. The molecular formula is C124H90N12. The standard InChI is InChI=1S/C36H24N2.C20H14N2.C19H14N2.C18H13N.C15H11N.C13H11N.C3H3N3/c1-3-11-25(12-4-1)31-23-35(37-33-17-9-7-15-29(31)33)27-19-21-28(22-20-27)36-24-32(26-13-5-2-6-14-26)30-16-8-10-18-34(30)38-36;1-3-9-15(10-4-1)19-20(16-11-5-2-6-12-16)22-18-14-8-7-13-17(18)21-19;1-3-9-15(10-4-1)19-20-17-13-7-8-14-18(17)21(19)16-11-5-2-6-12-16;1-2-6-14-11-16(10-9-13(14)5-1)18-12-15-7-3-4-8-17(15)19-18;1-2-6-12(7-3-1)13-10-11-16-15-9-5-4-8-14(13)15;1-2-6-10(5-1)13-9-11-7-3-4-8-12(11)14-13;1-4-2-6-3-5-1/h1-24H;1-14H;1-14H;1-11H,12H2;1-11H;1-5,7-8H,6,9H2;1-3H. The minimum absolute atomic E-state index is 0.918. The average molecular weight is 1750 g/mol. The zero-order valence-electron chi connectivity index (χ0n) is 74.5. The molecule has 2 aliphatic heterocycles. The molecule has 0 amide bonds. The molecule has 0 radical (unpaired) electrons. The van der Waals surface area contributed by atoms with Crippen LogP contribution in [-0.2, 0) is 12.8 Å².